The molecule has 1 aromatic heterocycles. The maximum atomic E-state index is 12.6. The van der Waals surface area contributed by atoms with Gasteiger partial charge in [-0.25, -0.2) is 9.78 Å². The highest BCUT2D eigenvalue weighted by atomic mass is 16.5. The number of oxazole rings is 1. The van der Waals surface area contributed by atoms with E-state index in [9.17, 15) is 9.59 Å². The molecule has 6 heteroatoms. The predicted octanol–water partition coefficient (Wildman–Crippen LogP) is 3.00. The van der Waals surface area contributed by atoms with Crippen LogP contribution in [0, 0.1) is 0 Å². The maximum absolute atomic E-state index is 12.6. The first-order chi connectivity index (χ1) is 12.1. The molecule has 2 fully saturated rings. The van der Waals surface area contributed by atoms with Crippen molar-refractivity contribution in [3.8, 4) is 11.5 Å². The van der Waals surface area contributed by atoms with Crippen molar-refractivity contribution in [1.82, 2.24) is 9.88 Å². The number of ether oxygens (including phenoxy) is 1. The zero-order valence-electron chi connectivity index (χ0n) is 14.1. The van der Waals surface area contributed by atoms with Crippen LogP contribution in [0.2, 0.25) is 0 Å². The van der Waals surface area contributed by atoms with E-state index in [1.54, 1.807) is 4.90 Å². The number of amides is 1. The van der Waals surface area contributed by atoms with E-state index in [1.165, 1.54) is 6.92 Å². The first kappa shape index (κ1) is 15.9. The molecule has 1 aromatic carbocycles. The second-order valence-corrected chi connectivity index (χ2v) is 6.65. The average molecular weight is 340 g/mol. The van der Waals surface area contributed by atoms with Gasteiger partial charge in [0.05, 0.1) is 6.54 Å². The van der Waals surface area contributed by atoms with E-state index in [4.69, 9.17) is 9.15 Å². The molecule has 1 aliphatic carbocycles. The largest absolute Gasteiger partial charge is 0.456 e. The number of carbonyl (C=O) groups excluding carboxylic acids is 2. The minimum Gasteiger partial charge on any atom is -0.456 e. The molecule has 2 aromatic rings. The van der Waals surface area contributed by atoms with Gasteiger partial charge in [-0.3, -0.25) is 4.79 Å². The monoisotopic (exact) mass is 340 g/mol. The van der Waals surface area contributed by atoms with Gasteiger partial charge in [-0.2, -0.15) is 0 Å². The van der Waals surface area contributed by atoms with E-state index < -0.39 is 5.97 Å². The highest BCUT2D eigenvalue weighted by molar-refractivity contribution is 5.89. The van der Waals surface area contributed by atoms with E-state index in [0.717, 1.165) is 18.4 Å². The third-order valence-electron chi connectivity index (χ3n) is 4.68. The molecule has 2 heterocycles. The van der Waals surface area contributed by atoms with Crippen LogP contribution in [-0.4, -0.2) is 41.0 Å². The van der Waals surface area contributed by atoms with Crippen LogP contribution in [0.5, 0.6) is 0 Å². The number of esters is 1. The van der Waals surface area contributed by atoms with Gasteiger partial charge in [-0.05, 0) is 25.0 Å². The predicted molar refractivity (Wildman–Crippen MR) is 90.0 cm³/mol. The quantitative estimate of drug-likeness (QED) is 0.800. The Kier molecular flexibility index (Phi) is 4.03. The van der Waals surface area contributed by atoms with Crippen molar-refractivity contribution >= 4 is 11.9 Å². The highest BCUT2D eigenvalue weighted by Crippen LogP contribution is 2.43. The normalized spacial score (nSPS) is 19.9. The fourth-order valence-corrected chi connectivity index (χ4v) is 3.12. The van der Waals surface area contributed by atoms with Crippen LogP contribution in [-0.2, 0) is 9.53 Å². The standard InChI is InChI=1S/C19H20N2O4/c1-12(22)21-10-9-15(11-21)24-19(23)16-17(13-7-8-13)25-18(20-16)14-5-3-2-4-6-14/h2-6,13,15H,7-11H2,1H3/t15-/m1/s1. The lowest BCUT2D eigenvalue weighted by atomic mass is 10.2. The van der Waals surface area contributed by atoms with E-state index in [2.05, 4.69) is 4.98 Å². The zero-order valence-corrected chi connectivity index (χ0v) is 14.1. The Balaban J connectivity index is 1.54. The molecular formula is C19H20N2O4. The lowest BCUT2D eigenvalue weighted by Crippen LogP contribution is -2.28. The summed E-state index contributed by atoms with van der Waals surface area (Å²) < 4.78 is 11.5. The third kappa shape index (κ3) is 3.29. The SMILES string of the molecule is CC(=O)N1CC[C@@H](OC(=O)c2nc(-c3ccccc3)oc2C2CC2)C1. The Morgan fingerprint density at radius 1 is 1.20 bits per heavy atom. The smallest absolute Gasteiger partial charge is 0.360 e. The van der Waals surface area contributed by atoms with E-state index in [0.29, 0.717) is 31.2 Å². The highest BCUT2D eigenvalue weighted by Gasteiger charge is 2.36. The fraction of sp³-hybridized carbons (Fsp3) is 0.421. The zero-order chi connectivity index (χ0) is 17.4. The summed E-state index contributed by atoms with van der Waals surface area (Å²) in [4.78, 5) is 30.2. The average Bonchev–Trinajstić information content (AvgIpc) is 3.18. The molecule has 0 unspecified atom stereocenters. The van der Waals surface area contributed by atoms with Gasteiger partial charge in [0.25, 0.3) is 0 Å². The van der Waals surface area contributed by atoms with Crippen molar-refractivity contribution in [2.45, 2.75) is 38.2 Å². The number of likely N-dealkylation sites (tertiary alicyclic amines) is 1. The van der Waals surface area contributed by atoms with Crippen LogP contribution >= 0.6 is 0 Å². The van der Waals surface area contributed by atoms with E-state index in [1.807, 2.05) is 30.3 Å². The molecule has 0 spiro atoms. The summed E-state index contributed by atoms with van der Waals surface area (Å²) in [6, 6.07) is 9.54. The van der Waals surface area contributed by atoms with Crippen LogP contribution < -0.4 is 0 Å². The molecule has 1 atom stereocenters. The lowest BCUT2D eigenvalue weighted by molar-refractivity contribution is -0.128. The summed E-state index contributed by atoms with van der Waals surface area (Å²) in [6.45, 7) is 2.60. The second kappa shape index (κ2) is 6.35. The molecule has 6 nitrogen and oxygen atoms in total. The number of benzene rings is 1. The van der Waals surface area contributed by atoms with Gasteiger partial charge in [0, 0.05) is 31.4 Å². The molecule has 1 saturated heterocycles. The first-order valence-corrected chi connectivity index (χ1v) is 8.64. The van der Waals surface area contributed by atoms with Gasteiger partial charge < -0.3 is 14.1 Å². The van der Waals surface area contributed by atoms with Crippen molar-refractivity contribution in [3.63, 3.8) is 0 Å². The van der Waals surface area contributed by atoms with Crippen LogP contribution in [0.3, 0.4) is 0 Å². The summed E-state index contributed by atoms with van der Waals surface area (Å²) in [5, 5.41) is 0. The van der Waals surface area contributed by atoms with Crippen LogP contribution in [0.4, 0.5) is 0 Å². The van der Waals surface area contributed by atoms with Crippen molar-refractivity contribution in [2.24, 2.45) is 0 Å². The van der Waals surface area contributed by atoms with E-state index >= 15 is 0 Å². The summed E-state index contributed by atoms with van der Waals surface area (Å²) in [7, 11) is 0. The van der Waals surface area contributed by atoms with Crippen molar-refractivity contribution in [3.05, 3.63) is 41.8 Å². The molecule has 0 bridgehead atoms. The van der Waals surface area contributed by atoms with Gasteiger partial charge in [0.2, 0.25) is 11.8 Å². The first-order valence-electron chi connectivity index (χ1n) is 8.64. The minimum absolute atomic E-state index is 0.00465. The molecule has 130 valence electrons. The Morgan fingerprint density at radius 3 is 2.60 bits per heavy atom. The summed E-state index contributed by atoms with van der Waals surface area (Å²) in [6.07, 6.45) is 2.39. The molecular weight excluding hydrogens is 320 g/mol. The summed E-state index contributed by atoms with van der Waals surface area (Å²) in [5.41, 5.74) is 1.12. The van der Waals surface area contributed by atoms with Crippen LogP contribution in [0.25, 0.3) is 11.5 Å². The van der Waals surface area contributed by atoms with Crippen molar-refractivity contribution < 1.29 is 18.7 Å². The third-order valence-corrected chi connectivity index (χ3v) is 4.68. The number of rotatable bonds is 4. The van der Waals surface area contributed by atoms with Crippen LogP contribution in [0.15, 0.2) is 34.7 Å². The molecule has 2 aliphatic rings. The van der Waals surface area contributed by atoms with Gasteiger partial charge in [-0.1, -0.05) is 18.2 Å². The van der Waals surface area contributed by atoms with Gasteiger partial charge in [0.15, 0.2) is 5.69 Å². The Bertz CT molecular complexity index is 795. The number of nitrogens with zero attached hydrogens (tertiary/aromatic N) is 2. The number of carbonyl (C=O) groups is 2. The molecule has 1 amide bonds. The lowest BCUT2D eigenvalue weighted by Gasteiger charge is -2.14. The number of aromatic nitrogens is 1. The summed E-state index contributed by atoms with van der Waals surface area (Å²) >= 11 is 0. The van der Waals surface area contributed by atoms with Crippen LogP contribution in [0.1, 0.15) is 48.4 Å². The molecule has 0 radical (unpaired) electrons. The molecule has 4 rings (SSSR count). The van der Waals surface area contributed by atoms with Gasteiger partial charge in [-0.15, -0.1) is 0 Å². The van der Waals surface area contributed by atoms with Crippen molar-refractivity contribution in [1.29, 1.82) is 0 Å². The number of hydrogen-bond acceptors (Lipinski definition) is 5. The Morgan fingerprint density at radius 2 is 1.96 bits per heavy atom. The van der Waals surface area contributed by atoms with Crippen molar-refractivity contribution in [2.75, 3.05) is 13.1 Å². The Labute approximate surface area is 145 Å². The minimum atomic E-state index is -0.455. The Hall–Kier alpha value is -2.63. The molecule has 25 heavy (non-hydrogen) atoms. The summed E-state index contributed by atoms with van der Waals surface area (Å²) in [5.74, 6) is 0.884. The van der Waals surface area contributed by atoms with Gasteiger partial charge >= 0.3 is 5.97 Å². The fourth-order valence-electron chi connectivity index (χ4n) is 3.12. The maximum Gasteiger partial charge on any atom is 0.360 e. The second-order valence-electron chi connectivity index (χ2n) is 6.65. The molecule has 0 N–H and O–H groups in total. The molecule has 1 saturated carbocycles. The van der Waals surface area contributed by atoms with Gasteiger partial charge in [0.1, 0.15) is 11.9 Å². The van der Waals surface area contributed by atoms with E-state index in [-0.39, 0.29) is 23.6 Å². The number of hydrogen-bond donors (Lipinski definition) is 0. The topological polar surface area (TPSA) is 72.6 Å². The molecule has 1 aliphatic heterocycles.